The van der Waals surface area contributed by atoms with Gasteiger partial charge in [0.2, 0.25) is 5.91 Å². The molecule has 0 saturated heterocycles. The van der Waals surface area contributed by atoms with E-state index in [9.17, 15) is 4.79 Å². The fourth-order valence-corrected chi connectivity index (χ4v) is 2.98. The normalized spacial score (nSPS) is 10.5. The first-order valence-corrected chi connectivity index (χ1v) is 8.22. The van der Waals surface area contributed by atoms with Crippen molar-refractivity contribution < 1.29 is 4.79 Å². The highest BCUT2D eigenvalue weighted by Gasteiger charge is 2.09. The summed E-state index contributed by atoms with van der Waals surface area (Å²) >= 11 is 1.42. The van der Waals surface area contributed by atoms with Gasteiger partial charge < -0.3 is 5.32 Å². The van der Waals surface area contributed by atoms with Crippen LogP contribution in [-0.2, 0) is 11.2 Å². The highest BCUT2D eigenvalue weighted by molar-refractivity contribution is 7.14. The SMILES string of the molecule is Cc1ccc(CC(=O)Nc2nc(-c3cccnc3)cs2)cc1C. The van der Waals surface area contributed by atoms with Gasteiger partial charge in [-0.2, -0.15) is 0 Å². The van der Waals surface area contributed by atoms with Gasteiger partial charge in [0.05, 0.1) is 12.1 Å². The lowest BCUT2D eigenvalue weighted by Gasteiger charge is -2.05. The summed E-state index contributed by atoms with van der Waals surface area (Å²) in [5, 5.41) is 5.39. The molecule has 0 bridgehead atoms. The van der Waals surface area contributed by atoms with Crippen LogP contribution in [0.4, 0.5) is 5.13 Å². The van der Waals surface area contributed by atoms with Gasteiger partial charge in [0.15, 0.2) is 5.13 Å². The van der Waals surface area contributed by atoms with Crippen LogP contribution in [0, 0.1) is 13.8 Å². The van der Waals surface area contributed by atoms with E-state index >= 15 is 0 Å². The predicted molar refractivity (Wildman–Crippen MR) is 93.6 cm³/mol. The Hall–Kier alpha value is -2.53. The van der Waals surface area contributed by atoms with Crippen molar-refractivity contribution in [2.45, 2.75) is 20.3 Å². The Bertz CT molecular complexity index is 827. The molecular formula is C18H17N3OS. The number of carbonyl (C=O) groups is 1. The minimum absolute atomic E-state index is 0.0552. The molecule has 1 amide bonds. The van der Waals surface area contributed by atoms with E-state index in [0.29, 0.717) is 11.6 Å². The van der Waals surface area contributed by atoms with Gasteiger partial charge in [0.1, 0.15) is 0 Å². The Morgan fingerprint density at radius 3 is 2.83 bits per heavy atom. The summed E-state index contributed by atoms with van der Waals surface area (Å²) < 4.78 is 0. The van der Waals surface area contributed by atoms with E-state index in [-0.39, 0.29) is 5.91 Å². The second-order valence-corrected chi connectivity index (χ2v) is 6.28. The third-order valence-corrected chi connectivity index (χ3v) is 4.40. The van der Waals surface area contributed by atoms with Crippen molar-refractivity contribution in [1.29, 1.82) is 0 Å². The molecule has 5 heteroatoms. The molecule has 0 spiro atoms. The molecule has 0 saturated carbocycles. The zero-order valence-electron chi connectivity index (χ0n) is 13.0. The number of nitrogens with one attached hydrogen (secondary N) is 1. The highest BCUT2D eigenvalue weighted by Crippen LogP contribution is 2.24. The van der Waals surface area contributed by atoms with Crippen molar-refractivity contribution in [3.05, 3.63) is 64.8 Å². The van der Waals surface area contributed by atoms with Gasteiger partial charge in [0, 0.05) is 23.3 Å². The van der Waals surface area contributed by atoms with Crippen LogP contribution in [0.25, 0.3) is 11.3 Å². The van der Waals surface area contributed by atoms with Gasteiger partial charge in [-0.3, -0.25) is 9.78 Å². The van der Waals surface area contributed by atoms with Gasteiger partial charge >= 0.3 is 0 Å². The smallest absolute Gasteiger partial charge is 0.230 e. The largest absolute Gasteiger partial charge is 0.302 e. The first-order valence-electron chi connectivity index (χ1n) is 7.34. The molecule has 2 aromatic heterocycles. The van der Waals surface area contributed by atoms with E-state index in [1.165, 1.54) is 22.5 Å². The summed E-state index contributed by atoms with van der Waals surface area (Å²) in [7, 11) is 0. The molecule has 0 radical (unpaired) electrons. The zero-order chi connectivity index (χ0) is 16.2. The Balaban J connectivity index is 1.66. The van der Waals surface area contributed by atoms with E-state index in [1.807, 2.05) is 29.6 Å². The van der Waals surface area contributed by atoms with Crippen LogP contribution < -0.4 is 5.32 Å². The third-order valence-electron chi connectivity index (χ3n) is 3.64. The van der Waals surface area contributed by atoms with Gasteiger partial charge in [-0.1, -0.05) is 18.2 Å². The number of hydrogen-bond acceptors (Lipinski definition) is 4. The molecule has 3 aromatic rings. The zero-order valence-corrected chi connectivity index (χ0v) is 13.9. The van der Waals surface area contributed by atoms with E-state index in [0.717, 1.165) is 16.8 Å². The van der Waals surface area contributed by atoms with Gasteiger partial charge in [0.25, 0.3) is 0 Å². The summed E-state index contributed by atoms with van der Waals surface area (Å²) in [6.45, 7) is 4.12. The number of aryl methyl sites for hydroxylation is 2. The second-order valence-electron chi connectivity index (χ2n) is 5.42. The van der Waals surface area contributed by atoms with Crippen LogP contribution >= 0.6 is 11.3 Å². The summed E-state index contributed by atoms with van der Waals surface area (Å²) in [5.74, 6) is -0.0552. The lowest BCUT2D eigenvalue weighted by Crippen LogP contribution is -2.14. The highest BCUT2D eigenvalue weighted by atomic mass is 32.1. The van der Waals surface area contributed by atoms with Gasteiger partial charge in [-0.15, -0.1) is 11.3 Å². The Morgan fingerprint density at radius 2 is 2.09 bits per heavy atom. The van der Waals surface area contributed by atoms with E-state index in [1.54, 1.807) is 12.4 Å². The number of thiazole rings is 1. The monoisotopic (exact) mass is 323 g/mol. The molecule has 1 aromatic carbocycles. The lowest BCUT2D eigenvalue weighted by atomic mass is 10.0. The second kappa shape index (κ2) is 6.71. The summed E-state index contributed by atoms with van der Waals surface area (Å²) in [6.07, 6.45) is 3.83. The number of benzene rings is 1. The summed E-state index contributed by atoms with van der Waals surface area (Å²) in [4.78, 5) is 20.7. The van der Waals surface area contributed by atoms with Crippen molar-refractivity contribution in [3.63, 3.8) is 0 Å². The molecular weight excluding hydrogens is 306 g/mol. The van der Waals surface area contributed by atoms with Crippen LogP contribution in [0.2, 0.25) is 0 Å². The maximum atomic E-state index is 12.2. The van der Waals surface area contributed by atoms with Crippen molar-refractivity contribution in [2.24, 2.45) is 0 Å². The molecule has 116 valence electrons. The van der Waals surface area contributed by atoms with Crippen LogP contribution in [0.3, 0.4) is 0 Å². The summed E-state index contributed by atoms with van der Waals surface area (Å²) in [6, 6.07) is 9.90. The number of nitrogens with zero attached hydrogens (tertiary/aromatic N) is 2. The predicted octanol–water partition coefficient (Wildman–Crippen LogP) is 4.00. The number of amides is 1. The Kier molecular flexibility index (Phi) is 4.48. The minimum atomic E-state index is -0.0552. The number of anilines is 1. The standard InChI is InChI=1S/C18H17N3OS/c1-12-5-6-14(8-13(12)2)9-17(22)21-18-20-16(11-23-18)15-4-3-7-19-10-15/h3-8,10-11H,9H2,1-2H3,(H,20,21,22). The number of aromatic nitrogens is 2. The Morgan fingerprint density at radius 1 is 1.22 bits per heavy atom. The molecule has 0 atom stereocenters. The maximum absolute atomic E-state index is 12.2. The molecule has 0 aliphatic heterocycles. The molecule has 0 unspecified atom stereocenters. The average molecular weight is 323 g/mol. The Labute approximate surface area is 139 Å². The van der Waals surface area contributed by atoms with Crippen molar-refractivity contribution in [2.75, 3.05) is 5.32 Å². The lowest BCUT2D eigenvalue weighted by molar-refractivity contribution is -0.115. The average Bonchev–Trinajstić information content (AvgIpc) is 3.00. The quantitative estimate of drug-likeness (QED) is 0.789. The van der Waals surface area contributed by atoms with Crippen LogP contribution in [0.1, 0.15) is 16.7 Å². The number of rotatable bonds is 4. The van der Waals surface area contributed by atoms with E-state index < -0.39 is 0 Å². The first-order chi connectivity index (χ1) is 11.1. The number of carbonyl (C=O) groups excluding carboxylic acids is 1. The first kappa shape index (κ1) is 15.4. The fraction of sp³-hybridized carbons (Fsp3) is 0.167. The fourth-order valence-electron chi connectivity index (χ4n) is 2.24. The van der Waals surface area contributed by atoms with Crippen LogP contribution in [-0.4, -0.2) is 15.9 Å². The molecule has 0 aliphatic rings. The molecule has 4 nitrogen and oxygen atoms in total. The van der Waals surface area contributed by atoms with Gasteiger partial charge in [-0.25, -0.2) is 4.98 Å². The molecule has 2 heterocycles. The topological polar surface area (TPSA) is 54.9 Å². The summed E-state index contributed by atoms with van der Waals surface area (Å²) in [5.41, 5.74) is 5.20. The van der Waals surface area contributed by atoms with Crippen molar-refractivity contribution in [1.82, 2.24) is 9.97 Å². The van der Waals surface area contributed by atoms with Gasteiger partial charge in [-0.05, 0) is 42.7 Å². The maximum Gasteiger partial charge on any atom is 0.230 e. The minimum Gasteiger partial charge on any atom is -0.302 e. The molecule has 0 aliphatic carbocycles. The molecule has 3 rings (SSSR count). The molecule has 0 fully saturated rings. The van der Waals surface area contributed by atoms with E-state index in [4.69, 9.17) is 0 Å². The van der Waals surface area contributed by atoms with Crippen molar-refractivity contribution in [3.8, 4) is 11.3 Å². The van der Waals surface area contributed by atoms with Crippen molar-refractivity contribution >= 4 is 22.4 Å². The number of pyridine rings is 1. The van der Waals surface area contributed by atoms with Crippen LogP contribution in [0.5, 0.6) is 0 Å². The molecule has 23 heavy (non-hydrogen) atoms. The number of hydrogen-bond donors (Lipinski definition) is 1. The molecule has 1 N–H and O–H groups in total. The van der Waals surface area contributed by atoms with Crippen LogP contribution in [0.15, 0.2) is 48.1 Å². The third kappa shape index (κ3) is 3.81. The van der Waals surface area contributed by atoms with E-state index in [2.05, 4.69) is 35.2 Å².